The highest BCUT2D eigenvalue weighted by Crippen LogP contribution is 1.93. The van der Waals surface area contributed by atoms with Crippen molar-refractivity contribution >= 4 is 20.8 Å². The van der Waals surface area contributed by atoms with Crippen molar-refractivity contribution in [1.29, 1.82) is 0 Å². The predicted octanol–water partition coefficient (Wildman–Crippen LogP) is -1.09. The van der Waals surface area contributed by atoms with Crippen LogP contribution in [0.2, 0.25) is 0 Å². The van der Waals surface area contributed by atoms with E-state index in [1.807, 2.05) is 0 Å². The molecule has 0 saturated heterocycles. The van der Waals surface area contributed by atoms with E-state index in [9.17, 15) is 13.2 Å². The molecule has 70 valence electrons. The fourth-order valence-electron chi connectivity index (χ4n) is 0.467. The standard InChI is InChI=1S/C5H10N2O4S/c1-7(2)5(8)4(6-9)12(3,10)11/h9H,1-3H3/b6-4+. The second-order valence-corrected chi connectivity index (χ2v) is 4.31. The van der Waals surface area contributed by atoms with Gasteiger partial charge >= 0.3 is 0 Å². The smallest absolute Gasteiger partial charge is 0.287 e. The zero-order chi connectivity index (χ0) is 9.94. The van der Waals surface area contributed by atoms with Crippen molar-refractivity contribution in [3.8, 4) is 0 Å². The van der Waals surface area contributed by atoms with Crippen LogP contribution in [0.4, 0.5) is 0 Å². The lowest BCUT2D eigenvalue weighted by atomic mass is 10.6. The number of hydrogen-bond donors (Lipinski definition) is 1. The lowest BCUT2D eigenvalue weighted by Crippen LogP contribution is -2.34. The molecule has 0 atom stereocenters. The third-order valence-corrected chi connectivity index (χ3v) is 1.99. The van der Waals surface area contributed by atoms with E-state index in [1.165, 1.54) is 14.1 Å². The van der Waals surface area contributed by atoms with Crippen LogP contribution in [-0.4, -0.2) is 49.8 Å². The molecule has 0 aromatic carbocycles. The first-order valence-electron chi connectivity index (χ1n) is 2.94. The Balaban J connectivity index is 5.00. The van der Waals surface area contributed by atoms with Crippen LogP contribution in [0.25, 0.3) is 0 Å². The zero-order valence-corrected chi connectivity index (χ0v) is 7.79. The second-order valence-electron chi connectivity index (χ2n) is 2.38. The third kappa shape index (κ3) is 2.50. The first kappa shape index (κ1) is 10.9. The van der Waals surface area contributed by atoms with Crippen molar-refractivity contribution in [3.05, 3.63) is 0 Å². The molecule has 0 spiro atoms. The van der Waals surface area contributed by atoms with Crippen molar-refractivity contribution in [2.24, 2.45) is 5.16 Å². The van der Waals surface area contributed by atoms with Crippen molar-refractivity contribution in [1.82, 2.24) is 4.90 Å². The van der Waals surface area contributed by atoms with E-state index in [0.717, 1.165) is 11.2 Å². The van der Waals surface area contributed by atoms with Gasteiger partial charge in [-0.1, -0.05) is 5.16 Å². The Bertz CT molecular complexity index is 303. The van der Waals surface area contributed by atoms with Crippen LogP contribution in [0, 0.1) is 0 Å². The molecule has 0 aromatic rings. The first-order valence-corrected chi connectivity index (χ1v) is 4.83. The average Bonchev–Trinajstić information content (AvgIpc) is 1.85. The molecule has 0 unspecified atom stereocenters. The predicted molar refractivity (Wildman–Crippen MR) is 42.8 cm³/mol. The highest BCUT2D eigenvalue weighted by Gasteiger charge is 2.24. The summed E-state index contributed by atoms with van der Waals surface area (Å²) in [7, 11) is -1.03. The molecule has 0 aromatic heterocycles. The van der Waals surface area contributed by atoms with Gasteiger partial charge in [0.05, 0.1) is 0 Å². The molecule has 0 aliphatic rings. The summed E-state index contributed by atoms with van der Waals surface area (Å²) < 4.78 is 21.5. The van der Waals surface area contributed by atoms with Gasteiger partial charge in [0.25, 0.3) is 11.0 Å². The number of hydrogen-bond acceptors (Lipinski definition) is 5. The maximum absolute atomic E-state index is 11.0. The maximum atomic E-state index is 11.0. The van der Waals surface area contributed by atoms with Gasteiger partial charge in [-0.2, -0.15) is 0 Å². The summed E-state index contributed by atoms with van der Waals surface area (Å²) in [5, 5.41) is 9.81. The van der Waals surface area contributed by atoms with Crippen LogP contribution < -0.4 is 0 Å². The van der Waals surface area contributed by atoms with Crippen molar-refractivity contribution in [2.45, 2.75) is 0 Å². The average molecular weight is 194 g/mol. The summed E-state index contributed by atoms with van der Waals surface area (Å²) in [5.41, 5.74) is 0. The largest absolute Gasteiger partial charge is 0.410 e. The Hall–Kier alpha value is -1.11. The highest BCUT2D eigenvalue weighted by molar-refractivity contribution is 8.07. The monoisotopic (exact) mass is 194 g/mol. The fraction of sp³-hybridized carbons (Fsp3) is 0.600. The van der Waals surface area contributed by atoms with E-state index in [-0.39, 0.29) is 0 Å². The number of oxime groups is 1. The van der Waals surface area contributed by atoms with Crippen LogP contribution in [0.3, 0.4) is 0 Å². The Morgan fingerprint density at radius 3 is 1.92 bits per heavy atom. The number of carbonyl (C=O) groups is 1. The minimum Gasteiger partial charge on any atom is -0.410 e. The quantitative estimate of drug-likeness (QED) is 0.230. The van der Waals surface area contributed by atoms with Gasteiger partial charge in [0.1, 0.15) is 0 Å². The molecular formula is C5H10N2O4S. The molecule has 0 radical (unpaired) electrons. The molecule has 0 fully saturated rings. The minimum atomic E-state index is -3.75. The Kier molecular flexibility index (Phi) is 3.20. The van der Waals surface area contributed by atoms with Gasteiger partial charge in [0.15, 0.2) is 0 Å². The number of carbonyl (C=O) groups excluding carboxylic acids is 1. The molecule has 0 aliphatic heterocycles. The van der Waals surface area contributed by atoms with E-state index < -0.39 is 20.8 Å². The van der Waals surface area contributed by atoms with Gasteiger partial charge < -0.3 is 10.1 Å². The molecule has 0 bridgehead atoms. The summed E-state index contributed by atoms with van der Waals surface area (Å²) in [6.07, 6.45) is 0.795. The molecule has 0 aliphatic carbocycles. The van der Waals surface area contributed by atoms with Gasteiger partial charge in [0.2, 0.25) is 9.84 Å². The summed E-state index contributed by atoms with van der Waals surface area (Å²) >= 11 is 0. The van der Waals surface area contributed by atoms with Crippen LogP contribution >= 0.6 is 0 Å². The lowest BCUT2D eigenvalue weighted by Gasteiger charge is -2.08. The molecular weight excluding hydrogens is 184 g/mol. The molecule has 1 amide bonds. The van der Waals surface area contributed by atoms with Gasteiger partial charge in [-0.25, -0.2) is 8.42 Å². The van der Waals surface area contributed by atoms with Crippen molar-refractivity contribution in [3.63, 3.8) is 0 Å². The summed E-state index contributed by atoms with van der Waals surface area (Å²) in [6, 6.07) is 0. The van der Waals surface area contributed by atoms with E-state index in [1.54, 1.807) is 0 Å². The number of rotatable bonds is 0. The Morgan fingerprint density at radius 1 is 1.42 bits per heavy atom. The van der Waals surface area contributed by atoms with E-state index >= 15 is 0 Å². The third-order valence-electron chi connectivity index (χ3n) is 1.03. The summed E-state index contributed by atoms with van der Waals surface area (Å²) in [4.78, 5) is 12.0. The molecule has 1 N–H and O–H groups in total. The second kappa shape index (κ2) is 3.53. The van der Waals surface area contributed by atoms with Gasteiger partial charge in [0, 0.05) is 20.4 Å². The normalized spacial score (nSPS) is 12.8. The highest BCUT2D eigenvalue weighted by atomic mass is 32.2. The molecule has 0 rings (SSSR count). The van der Waals surface area contributed by atoms with Crippen LogP contribution in [0.1, 0.15) is 0 Å². The topological polar surface area (TPSA) is 87.0 Å². The van der Waals surface area contributed by atoms with Gasteiger partial charge in [-0.3, -0.25) is 4.79 Å². The Morgan fingerprint density at radius 2 is 1.83 bits per heavy atom. The Labute approximate surface area is 70.4 Å². The van der Waals surface area contributed by atoms with Crippen LogP contribution in [-0.2, 0) is 14.6 Å². The van der Waals surface area contributed by atoms with Crippen LogP contribution in [0.15, 0.2) is 5.16 Å². The first-order chi connectivity index (χ1) is 5.30. The van der Waals surface area contributed by atoms with Crippen molar-refractivity contribution < 1.29 is 18.4 Å². The number of amides is 1. The van der Waals surface area contributed by atoms with Crippen molar-refractivity contribution in [2.75, 3.05) is 20.4 Å². The SMILES string of the molecule is CN(C)C(=O)/C(=N\O)S(C)(=O)=O. The number of nitrogens with zero attached hydrogens (tertiary/aromatic N) is 2. The van der Waals surface area contributed by atoms with Crippen LogP contribution in [0.5, 0.6) is 0 Å². The number of sulfone groups is 1. The van der Waals surface area contributed by atoms with E-state index in [4.69, 9.17) is 5.21 Å². The summed E-state index contributed by atoms with van der Waals surface area (Å²) in [6.45, 7) is 0. The molecule has 0 heterocycles. The molecule has 12 heavy (non-hydrogen) atoms. The van der Waals surface area contributed by atoms with Gasteiger partial charge in [-0.15, -0.1) is 0 Å². The zero-order valence-electron chi connectivity index (χ0n) is 6.97. The molecule has 7 heteroatoms. The maximum Gasteiger partial charge on any atom is 0.287 e. The fourth-order valence-corrected chi connectivity index (χ4v) is 1.11. The van der Waals surface area contributed by atoms with E-state index in [0.29, 0.717) is 0 Å². The van der Waals surface area contributed by atoms with E-state index in [2.05, 4.69) is 5.16 Å². The van der Waals surface area contributed by atoms with Gasteiger partial charge in [-0.05, 0) is 0 Å². The molecule has 0 saturated carbocycles. The lowest BCUT2D eigenvalue weighted by molar-refractivity contribution is -0.121. The summed E-state index contributed by atoms with van der Waals surface area (Å²) in [5.74, 6) is -0.847. The molecule has 6 nitrogen and oxygen atoms in total. The minimum absolute atomic E-state index is 0.795.